The van der Waals surface area contributed by atoms with Crippen molar-refractivity contribution in [2.24, 2.45) is 5.73 Å². The van der Waals surface area contributed by atoms with Crippen molar-refractivity contribution in [1.82, 2.24) is 5.32 Å². The molecule has 4 nitrogen and oxygen atoms in total. The molecule has 2 unspecified atom stereocenters. The van der Waals surface area contributed by atoms with Gasteiger partial charge in [-0.3, -0.25) is 4.79 Å². The first-order valence-electron chi connectivity index (χ1n) is 3.89. The van der Waals surface area contributed by atoms with Crippen molar-refractivity contribution in [3.05, 3.63) is 0 Å². The number of carbonyl (C=O) groups excluding carboxylic acids is 1. The quantitative estimate of drug-likeness (QED) is 0.518. The van der Waals surface area contributed by atoms with Gasteiger partial charge in [-0.2, -0.15) is 0 Å². The fourth-order valence-corrected chi connectivity index (χ4v) is 1.19. The first kappa shape index (κ1) is 8.49. The summed E-state index contributed by atoms with van der Waals surface area (Å²) in [6, 6.07) is -0.0747. The summed E-state index contributed by atoms with van der Waals surface area (Å²) in [5.74, 6) is -0.180. The molecule has 0 saturated carbocycles. The van der Waals surface area contributed by atoms with Crippen molar-refractivity contribution in [3.63, 3.8) is 0 Å². The zero-order valence-corrected chi connectivity index (χ0v) is 6.67. The van der Waals surface area contributed by atoms with Crippen LogP contribution in [0.1, 0.15) is 13.3 Å². The van der Waals surface area contributed by atoms with Gasteiger partial charge in [-0.1, -0.05) is 0 Å². The predicted molar refractivity (Wildman–Crippen MR) is 41.0 cm³/mol. The summed E-state index contributed by atoms with van der Waals surface area (Å²) < 4.78 is 4.82. The summed E-state index contributed by atoms with van der Waals surface area (Å²) >= 11 is 0. The van der Waals surface area contributed by atoms with Gasteiger partial charge in [-0.25, -0.2) is 0 Å². The topological polar surface area (TPSA) is 64.3 Å². The van der Waals surface area contributed by atoms with Crippen molar-refractivity contribution in [3.8, 4) is 0 Å². The Balaban J connectivity index is 2.31. The molecule has 1 aliphatic heterocycles. The number of nitrogens with two attached hydrogens (primary N) is 1. The number of nitrogens with one attached hydrogen (secondary N) is 1. The summed E-state index contributed by atoms with van der Waals surface area (Å²) in [5.41, 5.74) is 5.59. The minimum Gasteiger partial charge on any atom is -0.465 e. The maximum absolute atomic E-state index is 11.1. The first-order chi connectivity index (χ1) is 5.24. The smallest absolute Gasteiger partial charge is 0.323 e. The van der Waals surface area contributed by atoms with E-state index in [1.807, 2.05) is 0 Å². The van der Waals surface area contributed by atoms with Gasteiger partial charge in [0.25, 0.3) is 0 Å². The molecule has 0 aromatic rings. The van der Waals surface area contributed by atoms with Crippen LogP contribution < -0.4 is 11.1 Å². The van der Waals surface area contributed by atoms with Crippen LogP contribution in [0, 0.1) is 0 Å². The Labute approximate surface area is 66.1 Å². The van der Waals surface area contributed by atoms with Crippen LogP contribution in [0.2, 0.25) is 0 Å². The SMILES string of the molecule is CCOC(=O)C1CC(N)CN1. The zero-order chi connectivity index (χ0) is 8.27. The average molecular weight is 158 g/mol. The van der Waals surface area contributed by atoms with E-state index >= 15 is 0 Å². The van der Waals surface area contributed by atoms with E-state index < -0.39 is 0 Å². The van der Waals surface area contributed by atoms with Crippen LogP contribution in [-0.4, -0.2) is 31.2 Å². The van der Waals surface area contributed by atoms with E-state index in [1.54, 1.807) is 6.92 Å². The number of ether oxygens (including phenoxy) is 1. The van der Waals surface area contributed by atoms with E-state index in [9.17, 15) is 4.79 Å². The van der Waals surface area contributed by atoms with Gasteiger partial charge in [0.15, 0.2) is 0 Å². The highest BCUT2D eigenvalue weighted by Crippen LogP contribution is 2.05. The number of carbonyl (C=O) groups is 1. The van der Waals surface area contributed by atoms with Gasteiger partial charge in [0, 0.05) is 12.6 Å². The summed E-state index contributed by atoms with van der Waals surface area (Å²) in [7, 11) is 0. The van der Waals surface area contributed by atoms with Crippen molar-refractivity contribution < 1.29 is 9.53 Å². The molecule has 0 bridgehead atoms. The van der Waals surface area contributed by atoms with Crippen LogP contribution in [0.4, 0.5) is 0 Å². The molecule has 1 saturated heterocycles. The maximum Gasteiger partial charge on any atom is 0.323 e. The standard InChI is InChI=1S/C7H14N2O2/c1-2-11-7(10)6-3-5(8)4-9-6/h5-6,9H,2-4,8H2,1H3. The van der Waals surface area contributed by atoms with E-state index in [4.69, 9.17) is 10.5 Å². The average Bonchev–Trinajstić information content (AvgIpc) is 2.36. The monoisotopic (exact) mass is 158 g/mol. The summed E-state index contributed by atoms with van der Waals surface area (Å²) in [4.78, 5) is 11.1. The molecule has 1 heterocycles. The van der Waals surface area contributed by atoms with Crippen molar-refractivity contribution in [2.45, 2.75) is 25.4 Å². The Morgan fingerprint density at radius 3 is 3.00 bits per heavy atom. The predicted octanol–water partition coefficient (Wildman–Crippen LogP) is -0.761. The molecule has 0 aromatic carbocycles. The van der Waals surface area contributed by atoms with Crippen LogP contribution in [-0.2, 0) is 9.53 Å². The normalized spacial score (nSPS) is 30.4. The Kier molecular flexibility index (Phi) is 2.84. The second kappa shape index (κ2) is 3.69. The van der Waals surface area contributed by atoms with Gasteiger partial charge in [0.2, 0.25) is 0 Å². The molecule has 0 aromatic heterocycles. The molecule has 0 amide bonds. The second-order valence-electron chi connectivity index (χ2n) is 2.71. The highest BCUT2D eigenvalue weighted by atomic mass is 16.5. The first-order valence-corrected chi connectivity index (χ1v) is 3.89. The molecule has 11 heavy (non-hydrogen) atoms. The van der Waals surface area contributed by atoms with E-state index in [2.05, 4.69) is 5.32 Å². The second-order valence-corrected chi connectivity index (χ2v) is 2.71. The van der Waals surface area contributed by atoms with Crippen LogP contribution in [0.15, 0.2) is 0 Å². The molecule has 0 aliphatic carbocycles. The Bertz CT molecular complexity index is 149. The van der Waals surface area contributed by atoms with Gasteiger partial charge in [0.1, 0.15) is 6.04 Å². The molecular weight excluding hydrogens is 144 g/mol. The number of esters is 1. The molecular formula is C7H14N2O2. The van der Waals surface area contributed by atoms with Gasteiger partial charge >= 0.3 is 5.97 Å². The van der Waals surface area contributed by atoms with E-state index in [0.717, 1.165) is 0 Å². The Morgan fingerprint density at radius 2 is 2.55 bits per heavy atom. The highest BCUT2D eigenvalue weighted by molar-refractivity contribution is 5.76. The maximum atomic E-state index is 11.1. The molecule has 4 heteroatoms. The fraction of sp³-hybridized carbons (Fsp3) is 0.857. The number of rotatable bonds is 2. The minimum atomic E-state index is -0.180. The summed E-state index contributed by atoms with van der Waals surface area (Å²) in [6.07, 6.45) is 0.693. The van der Waals surface area contributed by atoms with Crippen LogP contribution in [0.3, 0.4) is 0 Å². The van der Waals surface area contributed by atoms with Crippen LogP contribution >= 0.6 is 0 Å². The lowest BCUT2D eigenvalue weighted by atomic mass is 10.2. The fourth-order valence-electron chi connectivity index (χ4n) is 1.19. The van der Waals surface area contributed by atoms with Crippen LogP contribution in [0.5, 0.6) is 0 Å². The largest absolute Gasteiger partial charge is 0.465 e. The third kappa shape index (κ3) is 2.17. The van der Waals surface area contributed by atoms with E-state index in [1.165, 1.54) is 0 Å². The van der Waals surface area contributed by atoms with Gasteiger partial charge in [-0.15, -0.1) is 0 Å². The van der Waals surface area contributed by atoms with Crippen molar-refractivity contribution >= 4 is 5.97 Å². The summed E-state index contributed by atoms with van der Waals surface area (Å²) in [6.45, 7) is 2.95. The Hall–Kier alpha value is -0.610. The molecule has 2 atom stereocenters. The summed E-state index contributed by atoms with van der Waals surface area (Å²) in [5, 5.41) is 2.99. The minimum absolute atomic E-state index is 0.101. The Morgan fingerprint density at radius 1 is 1.82 bits per heavy atom. The van der Waals surface area contributed by atoms with Crippen molar-refractivity contribution in [2.75, 3.05) is 13.2 Å². The van der Waals surface area contributed by atoms with E-state index in [0.29, 0.717) is 19.6 Å². The van der Waals surface area contributed by atoms with Gasteiger partial charge in [0.05, 0.1) is 6.61 Å². The van der Waals surface area contributed by atoms with Crippen LogP contribution in [0.25, 0.3) is 0 Å². The molecule has 0 radical (unpaired) electrons. The molecule has 64 valence electrons. The molecule has 1 fully saturated rings. The lowest BCUT2D eigenvalue weighted by Crippen LogP contribution is -2.32. The molecule has 3 N–H and O–H groups in total. The molecule has 0 spiro atoms. The number of hydrogen-bond donors (Lipinski definition) is 2. The van der Waals surface area contributed by atoms with Gasteiger partial charge < -0.3 is 15.8 Å². The number of hydrogen-bond acceptors (Lipinski definition) is 4. The van der Waals surface area contributed by atoms with Gasteiger partial charge in [-0.05, 0) is 13.3 Å². The zero-order valence-electron chi connectivity index (χ0n) is 6.67. The highest BCUT2D eigenvalue weighted by Gasteiger charge is 2.27. The lowest BCUT2D eigenvalue weighted by molar-refractivity contribution is -0.145. The lowest BCUT2D eigenvalue weighted by Gasteiger charge is -2.07. The third-order valence-corrected chi connectivity index (χ3v) is 1.74. The molecule has 1 aliphatic rings. The van der Waals surface area contributed by atoms with Crippen molar-refractivity contribution in [1.29, 1.82) is 0 Å². The van der Waals surface area contributed by atoms with E-state index in [-0.39, 0.29) is 18.1 Å². The molecule has 1 rings (SSSR count). The third-order valence-electron chi connectivity index (χ3n) is 1.74.